The van der Waals surface area contributed by atoms with Crippen molar-refractivity contribution in [2.24, 2.45) is 7.05 Å². The van der Waals surface area contributed by atoms with Gasteiger partial charge in [0.25, 0.3) is 0 Å². The second-order valence-electron chi connectivity index (χ2n) is 11.3. The Kier molecular flexibility index (Phi) is 6.91. The molecule has 0 bridgehead atoms. The quantitative estimate of drug-likeness (QED) is 0.347. The fraction of sp³-hybridized carbons (Fsp3) is 0.586. The smallest absolute Gasteiger partial charge is 0.239 e. The Hall–Kier alpha value is -3.12. The third-order valence-corrected chi connectivity index (χ3v) is 8.93. The predicted molar refractivity (Wildman–Crippen MR) is 154 cm³/mol. The monoisotopic (exact) mass is 545 g/mol. The number of piperidine rings is 1. The van der Waals surface area contributed by atoms with Gasteiger partial charge in [-0.25, -0.2) is 9.97 Å². The van der Waals surface area contributed by atoms with Crippen molar-refractivity contribution in [2.75, 3.05) is 64.6 Å². The average Bonchev–Trinajstić information content (AvgIpc) is 3.49. The average molecular weight is 546 g/mol. The fourth-order valence-corrected chi connectivity index (χ4v) is 6.30. The van der Waals surface area contributed by atoms with Crippen LogP contribution in [0.15, 0.2) is 24.3 Å². The summed E-state index contributed by atoms with van der Waals surface area (Å²) in [5, 5.41) is 0. The molecule has 11 heteroatoms. The molecule has 7 rings (SSSR count). The van der Waals surface area contributed by atoms with Crippen LogP contribution in [0.2, 0.25) is 0 Å². The van der Waals surface area contributed by atoms with Crippen molar-refractivity contribution in [3.63, 3.8) is 0 Å². The van der Waals surface area contributed by atoms with E-state index in [4.69, 9.17) is 29.4 Å². The zero-order chi connectivity index (χ0) is 27.2. The van der Waals surface area contributed by atoms with E-state index in [0.29, 0.717) is 31.2 Å². The molecule has 0 aliphatic carbocycles. The second kappa shape index (κ2) is 10.7. The minimum atomic E-state index is 0.587. The van der Waals surface area contributed by atoms with E-state index >= 15 is 0 Å². The molecular formula is C29H39N9O2. The van der Waals surface area contributed by atoms with Gasteiger partial charge in [0.2, 0.25) is 5.95 Å². The van der Waals surface area contributed by atoms with E-state index < -0.39 is 0 Å². The highest BCUT2D eigenvalue weighted by Crippen LogP contribution is 2.29. The Balaban J connectivity index is 1.23. The maximum absolute atomic E-state index is 5.67. The lowest BCUT2D eigenvalue weighted by Gasteiger charge is -2.43. The predicted octanol–water partition coefficient (Wildman–Crippen LogP) is 2.40. The fourth-order valence-electron chi connectivity index (χ4n) is 6.30. The Morgan fingerprint density at radius 1 is 0.900 bits per heavy atom. The molecule has 11 nitrogen and oxygen atoms in total. The van der Waals surface area contributed by atoms with Crippen molar-refractivity contribution >= 4 is 28.0 Å². The molecule has 0 atom stereocenters. The molecule has 3 aromatic heterocycles. The number of anilines is 1. The van der Waals surface area contributed by atoms with Gasteiger partial charge in [0.1, 0.15) is 11.6 Å². The first-order chi connectivity index (χ1) is 19.6. The third kappa shape index (κ3) is 4.54. The molecule has 3 aliphatic heterocycles. The van der Waals surface area contributed by atoms with Crippen molar-refractivity contribution in [2.45, 2.75) is 44.8 Å². The van der Waals surface area contributed by atoms with E-state index in [-0.39, 0.29) is 0 Å². The highest BCUT2D eigenvalue weighted by molar-refractivity contribution is 5.86. The number of aryl methyl sites for hydroxylation is 2. The Morgan fingerprint density at radius 3 is 2.40 bits per heavy atom. The number of likely N-dealkylation sites (N-methyl/N-ethyl adjacent to an activating group) is 1. The number of aromatic nitrogens is 6. The lowest BCUT2D eigenvalue weighted by molar-refractivity contribution is -0.0764. The van der Waals surface area contributed by atoms with E-state index in [2.05, 4.69) is 57.0 Å². The number of ether oxygens (including phenoxy) is 2. The highest BCUT2D eigenvalue weighted by Gasteiger charge is 2.31. The molecule has 40 heavy (non-hydrogen) atoms. The number of imidazole rings is 2. The number of benzene rings is 1. The molecule has 0 saturated carbocycles. The van der Waals surface area contributed by atoms with Crippen LogP contribution in [0.4, 0.5) is 5.82 Å². The van der Waals surface area contributed by atoms with Crippen LogP contribution in [0.25, 0.3) is 28.1 Å². The van der Waals surface area contributed by atoms with Crippen LogP contribution in [-0.2, 0) is 29.5 Å². The number of para-hydroxylation sites is 2. The van der Waals surface area contributed by atoms with E-state index in [1.807, 2.05) is 12.1 Å². The van der Waals surface area contributed by atoms with Crippen LogP contribution in [-0.4, -0.2) is 111 Å². The van der Waals surface area contributed by atoms with Gasteiger partial charge in [-0.1, -0.05) is 19.1 Å². The normalized spacial score (nSPS) is 19.8. The SMILES string of the molecule is CCc1nc2ccccc2n1-c1nc(N2CCOCC2)c2nc(CN3CCC(N(C)C4COC4)CC3)n(C)c2n1. The molecule has 3 aliphatic rings. The summed E-state index contributed by atoms with van der Waals surface area (Å²) in [6.45, 7) is 9.77. The molecule has 3 fully saturated rings. The lowest BCUT2D eigenvalue weighted by Crippen LogP contribution is -2.54. The molecule has 1 aromatic carbocycles. The zero-order valence-electron chi connectivity index (χ0n) is 23.8. The Bertz CT molecular complexity index is 1500. The third-order valence-electron chi connectivity index (χ3n) is 8.93. The van der Waals surface area contributed by atoms with Crippen LogP contribution in [0.5, 0.6) is 0 Å². The molecule has 212 valence electrons. The van der Waals surface area contributed by atoms with Gasteiger partial charge in [0, 0.05) is 45.7 Å². The molecule has 0 amide bonds. The zero-order valence-corrected chi connectivity index (χ0v) is 23.8. The summed E-state index contributed by atoms with van der Waals surface area (Å²) in [5.41, 5.74) is 3.71. The highest BCUT2D eigenvalue weighted by atomic mass is 16.5. The molecule has 0 unspecified atom stereocenters. The summed E-state index contributed by atoms with van der Waals surface area (Å²) in [6.07, 6.45) is 3.14. The largest absolute Gasteiger partial charge is 0.378 e. The van der Waals surface area contributed by atoms with Crippen molar-refractivity contribution in [3.05, 3.63) is 35.9 Å². The Labute approximate surface area is 234 Å². The molecule has 6 heterocycles. The van der Waals surface area contributed by atoms with Crippen LogP contribution in [0, 0.1) is 0 Å². The van der Waals surface area contributed by atoms with Gasteiger partial charge in [0.15, 0.2) is 17.0 Å². The van der Waals surface area contributed by atoms with Gasteiger partial charge in [-0.3, -0.25) is 14.4 Å². The summed E-state index contributed by atoms with van der Waals surface area (Å²) in [6, 6.07) is 9.43. The van der Waals surface area contributed by atoms with E-state index in [9.17, 15) is 0 Å². The lowest BCUT2D eigenvalue weighted by atomic mass is 10.0. The van der Waals surface area contributed by atoms with Crippen molar-refractivity contribution < 1.29 is 9.47 Å². The Morgan fingerprint density at radius 2 is 1.68 bits per heavy atom. The van der Waals surface area contributed by atoms with Crippen molar-refractivity contribution in [1.82, 2.24) is 38.9 Å². The van der Waals surface area contributed by atoms with Gasteiger partial charge in [0.05, 0.1) is 50.0 Å². The number of likely N-dealkylation sites (tertiary alicyclic amines) is 1. The second-order valence-corrected chi connectivity index (χ2v) is 11.3. The minimum Gasteiger partial charge on any atom is -0.378 e. The van der Waals surface area contributed by atoms with Gasteiger partial charge < -0.3 is 18.9 Å². The summed E-state index contributed by atoms with van der Waals surface area (Å²) in [4.78, 5) is 27.7. The molecule has 4 aromatic rings. The van der Waals surface area contributed by atoms with E-state index in [1.165, 1.54) is 12.8 Å². The van der Waals surface area contributed by atoms with Crippen LogP contribution >= 0.6 is 0 Å². The number of nitrogens with zero attached hydrogens (tertiary/aromatic N) is 9. The number of fused-ring (bicyclic) bond motifs is 2. The van der Waals surface area contributed by atoms with Crippen molar-refractivity contribution in [3.8, 4) is 5.95 Å². The van der Waals surface area contributed by atoms with Gasteiger partial charge >= 0.3 is 0 Å². The van der Waals surface area contributed by atoms with Crippen molar-refractivity contribution in [1.29, 1.82) is 0 Å². The molecule has 0 radical (unpaired) electrons. The van der Waals surface area contributed by atoms with Gasteiger partial charge in [-0.2, -0.15) is 9.97 Å². The molecule has 3 saturated heterocycles. The number of hydrogen-bond donors (Lipinski definition) is 0. The van der Waals surface area contributed by atoms with Gasteiger partial charge in [-0.05, 0) is 32.0 Å². The molecule has 0 spiro atoms. The summed E-state index contributed by atoms with van der Waals surface area (Å²) in [7, 11) is 4.35. The first-order valence-corrected chi connectivity index (χ1v) is 14.7. The molecule has 0 N–H and O–H groups in total. The first-order valence-electron chi connectivity index (χ1n) is 14.7. The number of morpholine rings is 1. The molecular weight excluding hydrogens is 506 g/mol. The maximum Gasteiger partial charge on any atom is 0.239 e. The number of rotatable bonds is 7. The topological polar surface area (TPSA) is 89.6 Å². The maximum atomic E-state index is 5.67. The van der Waals surface area contributed by atoms with E-state index in [0.717, 1.165) is 92.0 Å². The first kappa shape index (κ1) is 25.8. The van der Waals surface area contributed by atoms with Crippen LogP contribution in [0.3, 0.4) is 0 Å². The standard InChI is InChI=1S/C29H39N9O2/c1-4-24-30-22-7-5-6-8-23(22)38(24)29-32-27-26(28(33-29)37-13-15-39-16-14-37)31-25(35(27)3)17-36-11-9-20(10-12-36)34(2)21-18-40-19-21/h5-8,20-21H,4,9-19H2,1-3H3. The van der Waals surface area contributed by atoms with Gasteiger partial charge in [-0.15, -0.1) is 0 Å². The summed E-state index contributed by atoms with van der Waals surface area (Å²) >= 11 is 0. The van der Waals surface area contributed by atoms with Crippen LogP contribution < -0.4 is 4.90 Å². The summed E-state index contributed by atoms with van der Waals surface area (Å²) < 4.78 is 15.4. The minimum absolute atomic E-state index is 0.587. The summed E-state index contributed by atoms with van der Waals surface area (Å²) in [5.74, 6) is 3.52. The van der Waals surface area contributed by atoms with Crippen LogP contribution in [0.1, 0.15) is 31.4 Å². The number of hydrogen-bond acceptors (Lipinski definition) is 9. The van der Waals surface area contributed by atoms with E-state index in [1.54, 1.807) is 0 Å².